The zero-order chi connectivity index (χ0) is 17.1. The maximum atomic E-state index is 12.2. The number of ketones is 1. The molecule has 7 heteroatoms. The Morgan fingerprint density at radius 3 is 2.58 bits per heavy atom. The highest BCUT2D eigenvalue weighted by molar-refractivity contribution is 6.03. The number of hydrogen-bond acceptors (Lipinski definition) is 5. The topological polar surface area (TPSA) is 89.8 Å². The average Bonchev–Trinajstić information content (AvgIpc) is 3.01. The lowest BCUT2D eigenvalue weighted by molar-refractivity contribution is 0.100. The largest absolute Gasteiger partial charge is 0.321 e. The van der Waals surface area contributed by atoms with Crippen molar-refractivity contribution >= 4 is 17.4 Å². The predicted octanol–water partition coefficient (Wildman–Crippen LogP) is 2.43. The minimum absolute atomic E-state index is 0.0639. The van der Waals surface area contributed by atoms with Crippen LogP contribution in [0.5, 0.6) is 0 Å². The number of anilines is 1. The molecule has 2 heterocycles. The first-order chi connectivity index (χ1) is 11.5. The molecule has 120 valence electrons. The first-order valence-electron chi connectivity index (χ1n) is 7.31. The Morgan fingerprint density at radius 1 is 1.12 bits per heavy atom. The molecular formula is C17H15N5O2. The molecule has 0 saturated carbocycles. The molecule has 1 aromatic carbocycles. The van der Waals surface area contributed by atoms with Crippen LogP contribution in [0.1, 0.15) is 33.6 Å². The summed E-state index contributed by atoms with van der Waals surface area (Å²) in [4.78, 5) is 27.7. The summed E-state index contributed by atoms with van der Waals surface area (Å²) in [5.41, 5.74) is 1.25. The van der Waals surface area contributed by atoms with E-state index >= 15 is 0 Å². The van der Waals surface area contributed by atoms with E-state index in [4.69, 9.17) is 0 Å². The molecule has 0 atom stereocenters. The first kappa shape index (κ1) is 15.5. The molecule has 2 aromatic heterocycles. The summed E-state index contributed by atoms with van der Waals surface area (Å²) < 4.78 is 1.77. The summed E-state index contributed by atoms with van der Waals surface area (Å²) >= 11 is 0. The van der Waals surface area contributed by atoms with Gasteiger partial charge < -0.3 is 5.32 Å². The number of amides is 1. The normalized spacial score (nSPS) is 10.4. The molecule has 0 saturated heterocycles. The van der Waals surface area contributed by atoms with E-state index in [1.54, 1.807) is 53.4 Å². The lowest BCUT2D eigenvalue weighted by atomic mass is 10.1. The molecule has 7 nitrogen and oxygen atoms in total. The van der Waals surface area contributed by atoms with Gasteiger partial charge in [-0.15, -0.1) is 10.2 Å². The van der Waals surface area contributed by atoms with Crippen molar-refractivity contribution in [3.05, 3.63) is 65.9 Å². The summed E-state index contributed by atoms with van der Waals surface area (Å²) in [5, 5.41) is 10.7. The quantitative estimate of drug-likeness (QED) is 0.745. The summed E-state index contributed by atoms with van der Waals surface area (Å²) in [6, 6.07) is 10.0. The zero-order valence-electron chi connectivity index (χ0n) is 13.2. The van der Waals surface area contributed by atoms with Crippen LogP contribution in [0.4, 0.5) is 5.69 Å². The molecule has 3 aromatic rings. The van der Waals surface area contributed by atoms with Gasteiger partial charge >= 0.3 is 0 Å². The molecule has 0 aliphatic heterocycles. The number of aryl methyl sites for hydroxylation is 1. The standard InChI is InChI=1S/C17H15N5O2/c1-11(23)13-4-3-5-14(10-13)19-17(24)15-6-7-16(21-20-15)22-9-8-18-12(22)2/h3-10H,1-2H3,(H,19,24). The molecular weight excluding hydrogens is 306 g/mol. The second kappa shape index (κ2) is 6.41. The zero-order valence-corrected chi connectivity index (χ0v) is 13.2. The first-order valence-corrected chi connectivity index (χ1v) is 7.31. The minimum Gasteiger partial charge on any atom is -0.321 e. The molecule has 3 rings (SSSR count). The van der Waals surface area contributed by atoms with Crippen molar-refractivity contribution in [2.75, 3.05) is 5.32 Å². The van der Waals surface area contributed by atoms with Crippen LogP contribution in [0.3, 0.4) is 0 Å². The van der Waals surface area contributed by atoms with Crippen LogP contribution in [0.25, 0.3) is 5.82 Å². The fourth-order valence-corrected chi connectivity index (χ4v) is 2.21. The third-order valence-corrected chi connectivity index (χ3v) is 3.48. The van der Waals surface area contributed by atoms with Crippen molar-refractivity contribution in [2.45, 2.75) is 13.8 Å². The summed E-state index contributed by atoms with van der Waals surface area (Å²) in [6.45, 7) is 3.33. The number of Topliss-reactive ketones (excluding diaryl/α,β-unsaturated/α-hetero) is 1. The third kappa shape index (κ3) is 3.19. The predicted molar refractivity (Wildman–Crippen MR) is 88.3 cm³/mol. The van der Waals surface area contributed by atoms with Gasteiger partial charge in [-0.3, -0.25) is 14.2 Å². The maximum absolute atomic E-state index is 12.2. The van der Waals surface area contributed by atoms with Gasteiger partial charge in [-0.1, -0.05) is 12.1 Å². The van der Waals surface area contributed by atoms with Crippen molar-refractivity contribution in [2.24, 2.45) is 0 Å². The molecule has 0 bridgehead atoms. The minimum atomic E-state index is -0.392. The van der Waals surface area contributed by atoms with Gasteiger partial charge in [0.15, 0.2) is 17.3 Å². The second-order valence-corrected chi connectivity index (χ2v) is 5.21. The van der Waals surface area contributed by atoms with Gasteiger partial charge in [0.2, 0.25) is 0 Å². The van der Waals surface area contributed by atoms with Gasteiger partial charge in [-0.25, -0.2) is 4.98 Å². The van der Waals surface area contributed by atoms with E-state index in [1.165, 1.54) is 6.92 Å². The number of benzene rings is 1. The van der Waals surface area contributed by atoms with Crippen molar-refractivity contribution in [1.82, 2.24) is 19.7 Å². The fourth-order valence-electron chi connectivity index (χ4n) is 2.21. The van der Waals surface area contributed by atoms with E-state index in [0.717, 1.165) is 5.82 Å². The van der Waals surface area contributed by atoms with Gasteiger partial charge in [0, 0.05) is 23.6 Å². The van der Waals surface area contributed by atoms with Crippen LogP contribution in [0.2, 0.25) is 0 Å². The van der Waals surface area contributed by atoms with Gasteiger partial charge in [-0.2, -0.15) is 0 Å². The van der Waals surface area contributed by atoms with E-state index < -0.39 is 5.91 Å². The number of hydrogen-bond donors (Lipinski definition) is 1. The number of carbonyl (C=O) groups is 2. The van der Waals surface area contributed by atoms with Crippen LogP contribution in [-0.4, -0.2) is 31.4 Å². The van der Waals surface area contributed by atoms with Crippen LogP contribution in [0, 0.1) is 6.92 Å². The molecule has 0 aliphatic carbocycles. The van der Waals surface area contributed by atoms with Crippen molar-refractivity contribution in [3.8, 4) is 5.82 Å². The molecule has 0 unspecified atom stereocenters. The SMILES string of the molecule is CC(=O)c1cccc(NC(=O)c2ccc(-n3ccnc3C)nn2)c1. The van der Waals surface area contributed by atoms with Gasteiger partial charge in [0.25, 0.3) is 5.91 Å². The van der Waals surface area contributed by atoms with Gasteiger partial charge in [-0.05, 0) is 38.1 Å². The molecule has 1 amide bonds. The maximum Gasteiger partial charge on any atom is 0.276 e. The van der Waals surface area contributed by atoms with Crippen LogP contribution < -0.4 is 5.32 Å². The molecule has 24 heavy (non-hydrogen) atoms. The Hall–Kier alpha value is -3.35. The molecule has 0 aliphatic rings. The Bertz CT molecular complexity index is 899. The number of nitrogens with one attached hydrogen (secondary N) is 1. The van der Waals surface area contributed by atoms with E-state index in [2.05, 4.69) is 20.5 Å². The highest BCUT2D eigenvalue weighted by Crippen LogP contribution is 2.13. The van der Waals surface area contributed by atoms with Gasteiger partial charge in [0.1, 0.15) is 5.82 Å². The van der Waals surface area contributed by atoms with Crippen molar-refractivity contribution < 1.29 is 9.59 Å². The monoisotopic (exact) mass is 321 g/mol. The van der Waals surface area contributed by atoms with Crippen molar-refractivity contribution in [3.63, 3.8) is 0 Å². The molecule has 0 fully saturated rings. The third-order valence-electron chi connectivity index (χ3n) is 3.48. The molecule has 0 radical (unpaired) electrons. The van der Waals surface area contributed by atoms with E-state index in [-0.39, 0.29) is 11.5 Å². The summed E-state index contributed by atoms with van der Waals surface area (Å²) in [7, 11) is 0. The van der Waals surface area contributed by atoms with Gasteiger partial charge in [0.05, 0.1) is 0 Å². The van der Waals surface area contributed by atoms with E-state index in [0.29, 0.717) is 17.1 Å². The van der Waals surface area contributed by atoms with Crippen LogP contribution in [-0.2, 0) is 0 Å². The van der Waals surface area contributed by atoms with E-state index in [1.807, 2.05) is 6.92 Å². The Balaban J connectivity index is 1.77. The van der Waals surface area contributed by atoms with Crippen molar-refractivity contribution in [1.29, 1.82) is 0 Å². The highest BCUT2D eigenvalue weighted by Gasteiger charge is 2.11. The molecule has 1 N–H and O–H groups in total. The molecule has 0 spiro atoms. The Labute approximate surface area is 138 Å². The van der Waals surface area contributed by atoms with Crippen LogP contribution >= 0.6 is 0 Å². The smallest absolute Gasteiger partial charge is 0.276 e. The summed E-state index contributed by atoms with van der Waals surface area (Å²) in [5.74, 6) is 0.908. The lowest BCUT2D eigenvalue weighted by Crippen LogP contribution is -2.15. The summed E-state index contributed by atoms with van der Waals surface area (Å²) in [6.07, 6.45) is 3.44. The second-order valence-electron chi connectivity index (χ2n) is 5.21. The fraction of sp³-hybridized carbons (Fsp3) is 0.118. The van der Waals surface area contributed by atoms with Crippen LogP contribution in [0.15, 0.2) is 48.8 Å². The number of carbonyl (C=O) groups excluding carboxylic acids is 2. The average molecular weight is 321 g/mol. The van der Waals surface area contributed by atoms with E-state index in [9.17, 15) is 9.59 Å². The Kier molecular flexibility index (Phi) is 4.15. The highest BCUT2D eigenvalue weighted by atomic mass is 16.2. The number of rotatable bonds is 4. The number of imidazole rings is 1. The Morgan fingerprint density at radius 2 is 1.96 bits per heavy atom. The number of nitrogens with zero attached hydrogens (tertiary/aromatic N) is 4. The number of aromatic nitrogens is 4. The lowest BCUT2D eigenvalue weighted by Gasteiger charge is -2.07.